The maximum atomic E-state index is 12.5. The smallest absolute Gasteiger partial charge is 0.233 e. The third-order valence-electron chi connectivity index (χ3n) is 4.76. The van der Waals surface area contributed by atoms with Gasteiger partial charge in [0, 0.05) is 31.9 Å². The average Bonchev–Trinajstić information content (AvgIpc) is 2.65. The van der Waals surface area contributed by atoms with Gasteiger partial charge in [0.05, 0.1) is 10.7 Å². The van der Waals surface area contributed by atoms with Crippen molar-refractivity contribution < 1.29 is 9.59 Å². The van der Waals surface area contributed by atoms with Crippen LogP contribution >= 0.6 is 11.6 Å². The molecular formula is C21H24ClN3O2. The third-order valence-corrected chi connectivity index (χ3v) is 5.06. The van der Waals surface area contributed by atoms with Gasteiger partial charge in [-0.25, -0.2) is 0 Å². The predicted octanol–water partition coefficient (Wildman–Crippen LogP) is 3.63. The van der Waals surface area contributed by atoms with E-state index in [-0.39, 0.29) is 18.2 Å². The minimum atomic E-state index is -0.334. The summed E-state index contributed by atoms with van der Waals surface area (Å²) in [6.45, 7) is 6.60. The van der Waals surface area contributed by atoms with E-state index in [4.69, 9.17) is 11.6 Å². The van der Waals surface area contributed by atoms with E-state index >= 15 is 0 Å². The maximum Gasteiger partial charge on any atom is 0.233 e. The molecule has 1 heterocycles. The molecule has 5 nitrogen and oxygen atoms in total. The monoisotopic (exact) mass is 385 g/mol. The van der Waals surface area contributed by atoms with E-state index < -0.39 is 0 Å². The molecule has 0 aliphatic carbocycles. The van der Waals surface area contributed by atoms with E-state index in [1.807, 2.05) is 38.1 Å². The fourth-order valence-electron chi connectivity index (χ4n) is 3.36. The van der Waals surface area contributed by atoms with E-state index in [0.29, 0.717) is 23.8 Å². The number of nitrogens with zero attached hydrogens (tertiary/aromatic N) is 2. The van der Waals surface area contributed by atoms with Crippen molar-refractivity contribution in [3.8, 4) is 0 Å². The number of para-hydroxylation sites is 1. The van der Waals surface area contributed by atoms with Gasteiger partial charge < -0.3 is 15.1 Å². The van der Waals surface area contributed by atoms with Gasteiger partial charge in [-0.3, -0.25) is 9.59 Å². The van der Waals surface area contributed by atoms with Gasteiger partial charge in [0.1, 0.15) is 6.42 Å². The van der Waals surface area contributed by atoms with Crippen LogP contribution in [0.2, 0.25) is 5.02 Å². The molecule has 0 radical (unpaired) electrons. The van der Waals surface area contributed by atoms with Gasteiger partial charge >= 0.3 is 0 Å². The van der Waals surface area contributed by atoms with Crippen LogP contribution in [-0.4, -0.2) is 42.9 Å². The quantitative estimate of drug-likeness (QED) is 0.817. The Balaban J connectivity index is 1.53. The lowest BCUT2D eigenvalue weighted by Crippen LogP contribution is -2.49. The molecule has 2 aromatic rings. The first-order chi connectivity index (χ1) is 12.9. The fourth-order valence-corrected chi connectivity index (χ4v) is 3.73. The van der Waals surface area contributed by atoms with E-state index in [0.717, 1.165) is 29.9 Å². The van der Waals surface area contributed by atoms with Crippen molar-refractivity contribution in [1.29, 1.82) is 0 Å². The minimum Gasteiger partial charge on any atom is -0.368 e. The number of carbonyl (C=O) groups is 2. The molecule has 0 spiro atoms. The lowest BCUT2D eigenvalue weighted by Gasteiger charge is -2.36. The number of hydrogen-bond donors (Lipinski definition) is 1. The molecule has 3 rings (SSSR count). The van der Waals surface area contributed by atoms with Gasteiger partial charge in [-0.1, -0.05) is 35.9 Å². The summed E-state index contributed by atoms with van der Waals surface area (Å²) in [4.78, 5) is 28.8. The summed E-state index contributed by atoms with van der Waals surface area (Å²) in [6.07, 6.45) is -0.172. The van der Waals surface area contributed by atoms with E-state index in [1.54, 1.807) is 11.0 Å². The van der Waals surface area contributed by atoms with Crippen LogP contribution in [0, 0.1) is 13.8 Å². The van der Waals surface area contributed by atoms with Gasteiger partial charge in [-0.15, -0.1) is 0 Å². The molecule has 0 bridgehead atoms. The number of aryl methyl sites for hydroxylation is 2. The van der Waals surface area contributed by atoms with Gasteiger partial charge in [-0.2, -0.15) is 0 Å². The molecule has 0 atom stereocenters. The molecule has 1 saturated heterocycles. The second-order valence-corrected chi connectivity index (χ2v) is 7.27. The van der Waals surface area contributed by atoms with Crippen molar-refractivity contribution in [2.75, 3.05) is 36.4 Å². The van der Waals surface area contributed by atoms with Crippen LogP contribution in [0.5, 0.6) is 0 Å². The first-order valence-corrected chi connectivity index (χ1v) is 9.46. The zero-order chi connectivity index (χ0) is 19.4. The van der Waals surface area contributed by atoms with Crippen LogP contribution in [0.15, 0.2) is 42.5 Å². The van der Waals surface area contributed by atoms with E-state index in [2.05, 4.69) is 22.3 Å². The van der Waals surface area contributed by atoms with Gasteiger partial charge in [-0.05, 0) is 43.2 Å². The Bertz CT molecular complexity index is 808. The van der Waals surface area contributed by atoms with Crippen LogP contribution in [-0.2, 0) is 9.59 Å². The first kappa shape index (κ1) is 19.2. The highest BCUT2D eigenvalue weighted by Gasteiger charge is 2.23. The average molecular weight is 386 g/mol. The highest BCUT2D eigenvalue weighted by Crippen LogP contribution is 2.27. The lowest BCUT2D eigenvalue weighted by atomic mass is 10.1. The Morgan fingerprint density at radius 3 is 2.33 bits per heavy atom. The summed E-state index contributed by atoms with van der Waals surface area (Å²) in [5.41, 5.74) is 3.65. The number of halogens is 1. The highest BCUT2D eigenvalue weighted by molar-refractivity contribution is 6.34. The summed E-state index contributed by atoms with van der Waals surface area (Å²) in [5.74, 6) is -0.486. The molecule has 142 valence electrons. The number of anilines is 2. The summed E-state index contributed by atoms with van der Waals surface area (Å²) < 4.78 is 0. The lowest BCUT2D eigenvalue weighted by molar-refractivity contribution is -0.134. The molecule has 27 heavy (non-hydrogen) atoms. The standard InChI is InChI=1S/C21H24ClN3O2/c1-15-12-16(2)21(18(22)13-15)23-19(26)14-20(27)25-10-8-24(9-11-25)17-6-4-3-5-7-17/h3-7,12-13H,8-11,14H2,1-2H3,(H,23,26). The molecule has 1 aliphatic heterocycles. The molecule has 1 aliphatic rings. The van der Waals surface area contributed by atoms with Crippen molar-refractivity contribution in [3.63, 3.8) is 0 Å². The van der Waals surface area contributed by atoms with Gasteiger partial charge in [0.2, 0.25) is 11.8 Å². The number of piperazine rings is 1. The number of amides is 2. The summed E-state index contributed by atoms with van der Waals surface area (Å²) in [7, 11) is 0. The Morgan fingerprint density at radius 2 is 1.70 bits per heavy atom. The number of rotatable bonds is 4. The fraction of sp³-hybridized carbons (Fsp3) is 0.333. The van der Waals surface area contributed by atoms with Crippen molar-refractivity contribution in [2.45, 2.75) is 20.3 Å². The minimum absolute atomic E-state index is 0.152. The van der Waals surface area contributed by atoms with Crippen LogP contribution in [0.4, 0.5) is 11.4 Å². The SMILES string of the molecule is Cc1cc(C)c(NC(=O)CC(=O)N2CCN(c3ccccc3)CC2)c(Cl)c1. The Hall–Kier alpha value is -2.53. The van der Waals surface area contributed by atoms with Crippen molar-refractivity contribution in [3.05, 3.63) is 58.6 Å². The summed E-state index contributed by atoms with van der Waals surface area (Å²) in [6, 6.07) is 13.9. The summed E-state index contributed by atoms with van der Waals surface area (Å²) in [5, 5.41) is 3.27. The zero-order valence-electron chi connectivity index (χ0n) is 15.7. The molecule has 0 saturated carbocycles. The zero-order valence-corrected chi connectivity index (χ0v) is 16.4. The Kier molecular flexibility index (Phi) is 6.01. The normalized spacial score (nSPS) is 14.2. The number of hydrogen-bond acceptors (Lipinski definition) is 3. The molecule has 0 unspecified atom stereocenters. The first-order valence-electron chi connectivity index (χ1n) is 9.08. The van der Waals surface area contributed by atoms with Crippen LogP contribution < -0.4 is 10.2 Å². The maximum absolute atomic E-state index is 12.5. The topological polar surface area (TPSA) is 52.7 Å². The Labute approximate surface area is 164 Å². The second kappa shape index (κ2) is 8.44. The van der Waals surface area contributed by atoms with Gasteiger partial charge in [0.25, 0.3) is 0 Å². The van der Waals surface area contributed by atoms with Crippen molar-refractivity contribution in [1.82, 2.24) is 4.90 Å². The van der Waals surface area contributed by atoms with E-state index in [9.17, 15) is 9.59 Å². The molecule has 2 aromatic carbocycles. The molecule has 1 fully saturated rings. The second-order valence-electron chi connectivity index (χ2n) is 6.87. The molecule has 1 N–H and O–H groups in total. The summed E-state index contributed by atoms with van der Waals surface area (Å²) >= 11 is 6.22. The number of benzene rings is 2. The van der Waals surface area contributed by atoms with Crippen LogP contribution in [0.3, 0.4) is 0 Å². The van der Waals surface area contributed by atoms with Crippen molar-refractivity contribution >= 4 is 34.8 Å². The molecule has 2 amide bonds. The Morgan fingerprint density at radius 1 is 1.04 bits per heavy atom. The van der Waals surface area contributed by atoms with Crippen LogP contribution in [0.25, 0.3) is 0 Å². The van der Waals surface area contributed by atoms with Gasteiger partial charge in [0.15, 0.2) is 0 Å². The number of nitrogens with one attached hydrogen (secondary N) is 1. The van der Waals surface area contributed by atoms with E-state index in [1.165, 1.54) is 0 Å². The highest BCUT2D eigenvalue weighted by atomic mass is 35.5. The molecule has 6 heteroatoms. The number of carbonyl (C=O) groups excluding carboxylic acids is 2. The van der Waals surface area contributed by atoms with Crippen molar-refractivity contribution in [2.24, 2.45) is 0 Å². The largest absolute Gasteiger partial charge is 0.368 e. The van der Waals surface area contributed by atoms with Crippen LogP contribution in [0.1, 0.15) is 17.5 Å². The molecular weight excluding hydrogens is 362 g/mol. The molecule has 0 aromatic heterocycles. The third kappa shape index (κ3) is 4.80. The predicted molar refractivity (Wildman–Crippen MR) is 109 cm³/mol.